The second-order valence-electron chi connectivity index (χ2n) is 4.77. The molecule has 2 heterocycles. The van der Waals surface area contributed by atoms with Crippen molar-refractivity contribution in [3.63, 3.8) is 0 Å². The number of carbonyl (C=O) groups is 2. The van der Waals surface area contributed by atoms with Gasteiger partial charge in [-0.3, -0.25) is 9.59 Å². The second-order valence-corrected chi connectivity index (χ2v) is 5.97. The molecule has 0 atom stereocenters. The first-order valence-corrected chi connectivity index (χ1v) is 7.59. The Hall–Kier alpha value is -2.93. The monoisotopic (exact) mass is 327 g/mol. The second kappa shape index (κ2) is 6.05. The SMILES string of the molecule is Cc1sc(-c2ccco2)nc1C(=O)Nc1ccccc1C(N)=O. The van der Waals surface area contributed by atoms with Crippen LogP contribution >= 0.6 is 11.3 Å². The van der Waals surface area contributed by atoms with Crippen LogP contribution in [0, 0.1) is 6.92 Å². The van der Waals surface area contributed by atoms with Crippen LogP contribution in [0.3, 0.4) is 0 Å². The average Bonchev–Trinajstić information content (AvgIpc) is 3.16. The molecule has 23 heavy (non-hydrogen) atoms. The number of benzene rings is 1. The van der Waals surface area contributed by atoms with Crippen molar-refractivity contribution >= 4 is 28.8 Å². The maximum absolute atomic E-state index is 12.4. The summed E-state index contributed by atoms with van der Waals surface area (Å²) in [6.45, 7) is 1.80. The van der Waals surface area contributed by atoms with E-state index in [4.69, 9.17) is 10.2 Å². The van der Waals surface area contributed by atoms with Crippen molar-refractivity contribution in [2.24, 2.45) is 5.73 Å². The number of hydrogen-bond donors (Lipinski definition) is 2. The molecule has 7 heteroatoms. The molecule has 6 nitrogen and oxygen atoms in total. The first-order chi connectivity index (χ1) is 11.1. The first-order valence-electron chi connectivity index (χ1n) is 6.77. The maximum atomic E-state index is 12.4. The van der Waals surface area contributed by atoms with Crippen LogP contribution in [0.4, 0.5) is 5.69 Å². The van der Waals surface area contributed by atoms with Crippen LogP contribution in [0.25, 0.3) is 10.8 Å². The number of aryl methyl sites for hydroxylation is 1. The van der Waals surface area contributed by atoms with Crippen molar-refractivity contribution in [2.75, 3.05) is 5.32 Å². The molecular weight excluding hydrogens is 314 g/mol. The molecule has 0 spiro atoms. The molecular formula is C16H13N3O3S. The summed E-state index contributed by atoms with van der Waals surface area (Å²) in [4.78, 5) is 28.9. The van der Waals surface area contributed by atoms with E-state index >= 15 is 0 Å². The number of amides is 2. The van der Waals surface area contributed by atoms with Gasteiger partial charge in [-0.2, -0.15) is 0 Å². The van der Waals surface area contributed by atoms with E-state index in [1.165, 1.54) is 11.3 Å². The molecule has 0 aliphatic heterocycles. The van der Waals surface area contributed by atoms with Crippen molar-refractivity contribution in [3.05, 3.63) is 58.8 Å². The number of primary amides is 1. The first kappa shape index (κ1) is 15.0. The minimum atomic E-state index is -0.604. The van der Waals surface area contributed by atoms with E-state index in [9.17, 15) is 9.59 Å². The fraction of sp³-hybridized carbons (Fsp3) is 0.0625. The summed E-state index contributed by atoms with van der Waals surface area (Å²) in [6.07, 6.45) is 1.55. The highest BCUT2D eigenvalue weighted by atomic mass is 32.1. The lowest BCUT2D eigenvalue weighted by Crippen LogP contribution is -2.18. The molecule has 0 saturated carbocycles. The molecule has 0 fully saturated rings. The number of thiazole rings is 1. The third kappa shape index (κ3) is 3.00. The number of nitrogens with zero attached hydrogens (tertiary/aromatic N) is 1. The van der Waals surface area contributed by atoms with Crippen molar-refractivity contribution in [3.8, 4) is 10.8 Å². The molecule has 116 valence electrons. The number of rotatable bonds is 4. The van der Waals surface area contributed by atoms with Crippen molar-refractivity contribution < 1.29 is 14.0 Å². The Balaban J connectivity index is 1.89. The Labute approximate surface area is 136 Å². The predicted octanol–water partition coefficient (Wildman–Crippen LogP) is 3.06. The Morgan fingerprint density at radius 3 is 2.70 bits per heavy atom. The minimum absolute atomic E-state index is 0.250. The standard InChI is InChI=1S/C16H13N3O3S/c1-9-13(19-16(23-9)12-7-4-8-22-12)15(21)18-11-6-3-2-5-10(11)14(17)20/h2-8H,1H3,(H2,17,20)(H,18,21). The Kier molecular flexibility index (Phi) is 3.94. The molecule has 3 rings (SSSR count). The Morgan fingerprint density at radius 2 is 2.00 bits per heavy atom. The van der Waals surface area contributed by atoms with Gasteiger partial charge in [0.15, 0.2) is 10.8 Å². The fourth-order valence-corrected chi connectivity index (χ4v) is 2.98. The molecule has 0 unspecified atom stereocenters. The highest BCUT2D eigenvalue weighted by molar-refractivity contribution is 7.15. The van der Waals surface area contributed by atoms with Crippen LogP contribution in [-0.4, -0.2) is 16.8 Å². The summed E-state index contributed by atoms with van der Waals surface area (Å²) in [5, 5.41) is 3.31. The zero-order valence-corrected chi connectivity index (χ0v) is 13.0. The van der Waals surface area contributed by atoms with E-state index in [-0.39, 0.29) is 5.56 Å². The predicted molar refractivity (Wildman–Crippen MR) is 87.5 cm³/mol. The smallest absolute Gasteiger partial charge is 0.275 e. The largest absolute Gasteiger partial charge is 0.462 e. The molecule has 2 amide bonds. The van der Waals surface area contributed by atoms with Crippen LogP contribution < -0.4 is 11.1 Å². The normalized spacial score (nSPS) is 10.5. The molecule has 3 aromatic rings. The van der Waals surface area contributed by atoms with Gasteiger partial charge in [0.25, 0.3) is 11.8 Å². The summed E-state index contributed by atoms with van der Waals surface area (Å²) in [6, 6.07) is 10.1. The summed E-state index contributed by atoms with van der Waals surface area (Å²) in [5.74, 6) is -0.396. The lowest BCUT2D eigenvalue weighted by Gasteiger charge is -2.07. The van der Waals surface area contributed by atoms with Gasteiger partial charge in [0, 0.05) is 4.88 Å². The third-order valence-electron chi connectivity index (χ3n) is 3.18. The van der Waals surface area contributed by atoms with Crippen LogP contribution in [0.15, 0.2) is 47.1 Å². The Bertz CT molecular complexity index is 869. The highest BCUT2D eigenvalue weighted by Gasteiger charge is 2.19. The average molecular weight is 327 g/mol. The maximum Gasteiger partial charge on any atom is 0.275 e. The van der Waals surface area contributed by atoms with Gasteiger partial charge in [0.1, 0.15) is 5.69 Å². The lowest BCUT2D eigenvalue weighted by atomic mass is 10.1. The quantitative estimate of drug-likeness (QED) is 0.769. The van der Waals surface area contributed by atoms with E-state index in [2.05, 4.69) is 10.3 Å². The summed E-state index contributed by atoms with van der Waals surface area (Å²) in [7, 11) is 0. The minimum Gasteiger partial charge on any atom is -0.462 e. The van der Waals surface area contributed by atoms with E-state index in [0.717, 1.165) is 4.88 Å². The van der Waals surface area contributed by atoms with Gasteiger partial charge in [-0.15, -0.1) is 11.3 Å². The van der Waals surface area contributed by atoms with Gasteiger partial charge in [0.2, 0.25) is 0 Å². The summed E-state index contributed by atoms with van der Waals surface area (Å²) in [5.41, 5.74) is 6.21. The number of para-hydroxylation sites is 1. The fourth-order valence-electron chi connectivity index (χ4n) is 2.10. The lowest BCUT2D eigenvalue weighted by molar-refractivity contribution is 0.100. The number of carbonyl (C=O) groups excluding carboxylic acids is 2. The van der Waals surface area contributed by atoms with E-state index in [0.29, 0.717) is 22.1 Å². The summed E-state index contributed by atoms with van der Waals surface area (Å²) < 4.78 is 5.29. The van der Waals surface area contributed by atoms with Gasteiger partial charge in [-0.1, -0.05) is 12.1 Å². The number of anilines is 1. The topological polar surface area (TPSA) is 98.2 Å². The van der Waals surface area contributed by atoms with Crippen LogP contribution in [-0.2, 0) is 0 Å². The van der Waals surface area contributed by atoms with Gasteiger partial charge >= 0.3 is 0 Å². The molecule has 0 radical (unpaired) electrons. The van der Waals surface area contributed by atoms with Gasteiger partial charge in [-0.25, -0.2) is 4.98 Å². The van der Waals surface area contributed by atoms with Crippen molar-refractivity contribution in [2.45, 2.75) is 6.92 Å². The van der Waals surface area contributed by atoms with Gasteiger partial charge in [0.05, 0.1) is 17.5 Å². The highest BCUT2D eigenvalue weighted by Crippen LogP contribution is 2.28. The van der Waals surface area contributed by atoms with Crippen LogP contribution in [0.5, 0.6) is 0 Å². The number of aromatic nitrogens is 1. The Morgan fingerprint density at radius 1 is 1.22 bits per heavy atom. The molecule has 0 aliphatic rings. The number of furan rings is 1. The van der Waals surface area contributed by atoms with E-state index in [1.807, 2.05) is 0 Å². The molecule has 2 aromatic heterocycles. The third-order valence-corrected chi connectivity index (χ3v) is 4.17. The number of nitrogens with one attached hydrogen (secondary N) is 1. The van der Waals surface area contributed by atoms with Gasteiger partial charge < -0.3 is 15.5 Å². The summed E-state index contributed by atoms with van der Waals surface area (Å²) >= 11 is 1.36. The van der Waals surface area contributed by atoms with E-state index < -0.39 is 11.8 Å². The molecule has 3 N–H and O–H groups in total. The van der Waals surface area contributed by atoms with Crippen molar-refractivity contribution in [1.29, 1.82) is 0 Å². The van der Waals surface area contributed by atoms with Crippen LogP contribution in [0.1, 0.15) is 25.7 Å². The molecule has 0 aliphatic carbocycles. The number of nitrogens with two attached hydrogens (primary N) is 1. The molecule has 0 saturated heterocycles. The van der Waals surface area contributed by atoms with Gasteiger partial charge in [-0.05, 0) is 31.2 Å². The van der Waals surface area contributed by atoms with E-state index in [1.54, 1.807) is 49.6 Å². The van der Waals surface area contributed by atoms with Crippen LogP contribution in [0.2, 0.25) is 0 Å². The van der Waals surface area contributed by atoms with Crippen molar-refractivity contribution in [1.82, 2.24) is 4.98 Å². The molecule has 0 bridgehead atoms. The molecule has 1 aromatic carbocycles. The zero-order chi connectivity index (χ0) is 16.4. The number of hydrogen-bond acceptors (Lipinski definition) is 5. The zero-order valence-electron chi connectivity index (χ0n) is 12.2.